The van der Waals surface area contributed by atoms with Gasteiger partial charge in [0.1, 0.15) is 0 Å². The van der Waals surface area contributed by atoms with Crippen molar-refractivity contribution in [2.24, 2.45) is 0 Å². The Hall–Kier alpha value is -1.61. The van der Waals surface area contributed by atoms with Crippen molar-refractivity contribution in [3.05, 3.63) is 47.5 Å². The van der Waals surface area contributed by atoms with Gasteiger partial charge < -0.3 is 4.74 Å². The predicted molar refractivity (Wildman–Crippen MR) is 73.2 cm³/mol. The molecule has 0 heterocycles. The molecule has 0 unspecified atom stereocenters. The average Bonchev–Trinajstić information content (AvgIpc) is 2.43. The van der Waals surface area contributed by atoms with Gasteiger partial charge in [-0.15, -0.1) is 0 Å². The summed E-state index contributed by atoms with van der Waals surface area (Å²) < 4.78 is 4.67. The van der Waals surface area contributed by atoms with E-state index in [1.54, 1.807) is 6.92 Å². The molecule has 0 atom stereocenters. The van der Waals surface area contributed by atoms with Crippen LogP contribution in [0.25, 0.3) is 0 Å². The second-order valence-electron chi connectivity index (χ2n) is 4.19. The molecule has 98 valence electrons. The first-order valence-electron chi connectivity index (χ1n) is 6.18. The van der Waals surface area contributed by atoms with Crippen LogP contribution in [-0.4, -0.2) is 31.1 Å². The smallest absolute Gasteiger partial charge is 0.333 e. The molecule has 1 aromatic carbocycles. The Morgan fingerprint density at radius 2 is 2.00 bits per heavy atom. The SMILES string of the molecule is CCN(CC=C(C)C(=O)OC)Cc1ccccc1. The van der Waals surface area contributed by atoms with Gasteiger partial charge in [-0.25, -0.2) is 4.79 Å². The minimum absolute atomic E-state index is 0.259. The van der Waals surface area contributed by atoms with Crippen molar-refractivity contribution in [2.75, 3.05) is 20.2 Å². The summed E-state index contributed by atoms with van der Waals surface area (Å²) in [6, 6.07) is 10.3. The van der Waals surface area contributed by atoms with E-state index in [0.29, 0.717) is 5.57 Å². The van der Waals surface area contributed by atoms with Gasteiger partial charge in [-0.3, -0.25) is 4.90 Å². The van der Waals surface area contributed by atoms with Gasteiger partial charge in [0.25, 0.3) is 0 Å². The number of likely N-dealkylation sites (N-methyl/N-ethyl adjacent to an activating group) is 1. The normalized spacial score (nSPS) is 11.7. The predicted octanol–water partition coefficient (Wildman–Crippen LogP) is 2.63. The maximum Gasteiger partial charge on any atom is 0.333 e. The van der Waals surface area contributed by atoms with E-state index in [1.165, 1.54) is 12.7 Å². The fourth-order valence-corrected chi connectivity index (χ4v) is 1.66. The first-order chi connectivity index (χ1) is 8.67. The van der Waals surface area contributed by atoms with Crippen molar-refractivity contribution in [1.82, 2.24) is 4.90 Å². The van der Waals surface area contributed by atoms with Gasteiger partial charge in [0.05, 0.1) is 7.11 Å². The molecule has 3 heteroatoms. The molecule has 0 spiro atoms. The number of rotatable bonds is 6. The Morgan fingerprint density at radius 3 is 2.56 bits per heavy atom. The van der Waals surface area contributed by atoms with Crippen LogP contribution in [0.4, 0.5) is 0 Å². The highest BCUT2D eigenvalue weighted by Crippen LogP contribution is 2.05. The number of hydrogen-bond acceptors (Lipinski definition) is 3. The van der Waals surface area contributed by atoms with Crippen molar-refractivity contribution in [2.45, 2.75) is 20.4 Å². The molecule has 0 radical (unpaired) electrons. The number of carbonyl (C=O) groups excluding carboxylic acids is 1. The molecule has 3 nitrogen and oxygen atoms in total. The van der Waals surface area contributed by atoms with Crippen molar-refractivity contribution in [3.63, 3.8) is 0 Å². The van der Waals surface area contributed by atoms with Crippen LogP contribution in [0.1, 0.15) is 19.4 Å². The quantitative estimate of drug-likeness (QED) is 0.571. The van der Waals surface area contributed by atoms with Crippen LogP contribution in [0.2, 0.25) is 0 Å². The van der Waals surface area contributed by atoms with E-state index in [-0.39, 0.29) is 5.97 Å². The van der Waals surface area contributed by atoms with Gasteiger partial charge in [-0.05, 0) is 19.0 Å². The molecule has 0 aromatic heterocycles. The molecule has 0 aliphatic rings. The Bertz CT molecular complexity index is 398. The van der Waals surface area contributed by atoms with E-state index in [9.17, 15) is 4.79 Å². The summed E-state index contributed by atoms with van der Waals surface area (Å²) >= 11 is 0. The van der Waals surface area contributed by atoms with Crippen LogP contribution >= 0.6 is 0 Å². The van der Waals surface area contributed by atoms with Crippen molar-refractivity contribution < 1.29 is 9.53 Å². The highest BCUT2D eigenvalue weighted by atomic mass is 16.5. The zero-order valence-electron chi connectivity index (χ0n) is 11.3. The number of benzene rings is 1. The number of hydrogen-bond donors (Lipinski definition) is 0. The molecule has 0 N–H and O–H groups in total. The van der Waals surface area contributed by atoms with Crippen molar-refractivity contribution in [1.29, 1.82) is 0 Å². The Morgan fingerprint density at radius 1 is 1.33 bits per heavy atom. The standard InChI is InChI=1S/C15H21NO2/c1-4-16(11-10-13(2)15(17)18-3)12-14-8-6-5-7-9-14/h5-10H,4,11-12H2,1-3H3. The van der Waals surface area contributed by atoms with Crippen molar-refractivity contribution in [3.8, 4) is 0 Å². The molecule has 0 amide bonds. The molecule has 1 rings (SSSR count). The topological polar surface area (TPSA) is 29.5 Å². The lowest BCUT2D eigenvalue weighted by Crippen LogP contribution is -2.23. The highest BCUT2D eigenvalue weighted by Gasteiger charge is 2.05. The summed E-state index contributed by atoms with van der Waals surface area (Å²) in [6.07, 6.45) is 1.91. The Labute approximate surface area is 109 Å². The van der Waals surface area contributed by atoms with Gasteiger partial charge in [0, 0.05) is 18.7 Å². The zero-order chi connectivity index (χ0) is 13.4. The molecule has 0 bridgehead atoms. The van der Waals surface area contributed by atoms with E-state index in [4.69, 9.17) is 0 Å². The molecular weight excluding hydrogens is 226 g/mol. The van der Waals surface area contributed by atoms with Gasteiger partial charge in [-0.1, -0.05) is 43.3 Å². The summed E-state index contributed by atoms with van der Waals surface area (Å²) in [7, 11) is 1.40. The van der Waals surface area contributed by atoms with Gasteiger partial charge in [0.15, 0.2) is 0 Å². The second-order valence-corrected chi connectivity index (χ2v) is 4.19. The summed E-state index contributed by atoms with van der Waals surface area (Å²) in [4.78, 5) is 13.5. The van der Waals surface area contributed by atoms with Crippen molar-refractivity contribution >= 4 is 5.97 Å². The molecule has 1 aromatic rings. The Balaban J connectivity index is 2.55. The van der Waals surface area contributed by atoms with Crippen LogP contribution in [-0.2, 0) is 16.1 Å². The number of carbonyl (C=O) groups is 1. The molecule has 0 saturated heterocycles. The maximum absolute atomic E-state index is 11.3. The molecule has 0 saturated carbocycles. The number of ether oxygens (including phenoxy) is 1. The molecule has 18 heavy (non-hydrogen) atoms. The monoisotopic (exact) mass is 247 g/mol. The minimum atomic E-state index is -0.259. The van der Waals surface area contributed by atoms with E-state index in [2.05, 4.69) is 28.7 Å². The molecule has 0 fully saturated rings. The first-order valence-corrected chi connectivity index (χ1v) is 6.18. The lowest BCUT2D eigenvalue weighted by molar-refractivity contribution is -0.136. The average molecular weight is 247 g/mol. The van der Waals surface area contributed by atoms with E-state index < -0.39 is 0 Å². The Kier molecular flexibility index (Phi) is 6.15. The highest BCUT2D eigenvalue weighted by molar-refractivity contribution is 5.87. The fraction of sp³-hybridized carbons (Fsp3) is 0.400. The lowest BCUT2D eigenvalue weighted by Gasteiger charge is -2.18. The van der Waals surface area contributed by atoms with Crippen LogP contribution in [0.5, 0.6) is 0 Å². The number of esters is 1. The minimum Gasteiger partial charge on any atom is -0.466 e. The van der Waals surface area contributed by atoms with Crippen LogP contribution in [0.3, 0.4) is 0 Å². The summed E-state index contributed by atoms with van der Waals surface area (Å²) in [5.41, 5.74) is 1.94. The fourth-order valence-electron chi connectivity index (χ4n) is 1.66. The van der Waals surface area contributed by atoms with E-state index in [1.807, 2.05) is 24.3 Å². The molecule has 0 aliphatic carbocycles. The number of methoxy groups -OCH3 is 1. The zero-order valence-corrected chi connectivity index (χ0v) is 11.3. The maximum atomic E-state index is 11.3. The summed E-state index contributed by atoms with van der Waals surface area (Å²) in [6.45, 7) is 6.49. The van der Waals surface area contributed by atoms with Gasteiger partial charge in [0.2, 0.25) is 0 Å². The summed E-state index contributed by atoms with van der Waals surface area (Å²) in [5, 5.41) is 0. The largest absolute Gasteiger partial charge is 0.466 e. The third-order valence-electron chi connectivity index (χ3n) is 2.86. The van der Waals surface area contributed by atoms with Crippen LogP contribution in [0, 0.1) is 0 Å². The van der Waals surface area contributed by atoms with E-state index >= 15 is 0 Å². The van der Waals surface area contributed by atoms with Gasteiger partial charge >= 0.3 is 5.97 Å². The third kappa shape index (κ3) is 4.72. The van der Waals surface area contributed by atoms with Crippen LogP contribution < -0.4 is 0 Å². The molecule has 0 aliphatic heterocycles. The second kappa shape index (κ2) is 7.67. The van der Waals surface area contributed by atoms with Crippen LogP contribution in [0.15, 0.2) is 42.0 Å². The van der Waals surface area contributed by atoms with Gasteiger partial charge in [-0.2, -0.15) is 0 Å². The lowest BCUT2D eigenvalue weighted by atomic mass is 10.2. The number of nitrogens with zero attached hydrogens (tertiary/aromatic N) is 1. The summed E-state index contributed by atoms with van der Waals surface area (Å²) in [5.74, 6) is -0.259. The third-order valence-corrected chi connectivity index (χ3v) is 2.86. The molecular formula is C15H21NO2. The van der Waals surface area contributed by atoms with E-state index in [0.717, 1.165) is 19.6 Å². The first kappa shape index (κ1) is 14.5.